The number of likely N-dealkylation sites (tertiary alicyclic amines) is 2. The fourth-order valence-electron chi connectivity index (χ4n) is 3.85. The SMILES string of the molecule is c1cc(-c2ccc(CN3CCCC3)cc2)c(CN2CCCC2)s1. The Morgan fingerprint density at radius 1 is 0.739 bits per heavy atom. The van der Waals surface area contributed by atoms with Gasteiger partial charge in [-0.2, -0.15) is 0 Å². The summed E-state index contributed by atoms with van der Waals surface area (Å²) in [6.07, 6.45) is 5.47. The maximum Gasteiger partial charge on any atom is 0.0334 e. The molecule has 0 bridgehead atoms. The first-order valence-electron chi connectivity index (χ1n) is 8.99. The van der Waals surface area contributed by atoms with Gasteiger partial charge in [-0.15, -0.1) is 11.3 Å². The topological polar surface area (TPSA) is 6.48 Å². The Morgan fingerprint density at radius 3 is 2.00 bits per heavy atom. The van der Waals surface area contributed by atoms with Gasteiger partial charge >= 0.3 is 0 Å². The van der Waals surface area contributed by atoms with Crippen molar-refractivity contribution in [1.82, 2.24) is 9.80 Å². The highest BCUT2D eigenvalue weighted by Gasteiger charge is 2.16. The van der Waals surface area contributed by atoms with E-state index in [1.807, 2.05) is 11.3 Å². The molecule has 0 unspecified atom stereocenters. The molecule has 2 saturated heterocycles. The third-order valence-corrected chi connectivity index (χ3v) is 6.09. The fourth-order valence-corrected chi connectivity index (χ4v) is 4.79. The standard InChI is InChI=1S/C20H26N2S/c1-2-11-21(10-1)15-17-5-7-18(8-6-17)19-9-14-23-20(19)16-22-12-3-4-13-22/h5-9,14H,1-4,10-13,15-16H2. The molecule has 2 aromatic rings. The van der Waals surface area contributed by atoms with Crippen LogP contribution in [0, 0.1) is 0 Å². The third kappa shape index (κ3) is 3.68. The predicted molar refractivity (Wildman–Crippen MR) is 98.8 cm³/mol. The van der Waals surface area contributed by atoms with Gasteiger partial charge in [-0.3, -0.25) is 9.80 Å². The number of thiophene rings is 1. The Balaban J connectivity index is 1.46. The van der Waals surface area contributed by atoms with Crippen LogP contribution >= 0.6 is 11.3 Å². The molecule has 2 fully saturated rings. The Hall–Kier alpha value is -1.16. The second kappa shape index (κ2) is 7.16. The molecule has 0 radical (unpaired) electrons. The van der Waals surface area contributed by atoms with Crippen LogP contribution in [0.25, 0.3) is 11.1 Å². The molecule has 0 aliphatic carbocycles. The minimum absolute atomic E-state index is 1.12. The Morgan fingerprint density at radius 2 is 1.35 bits per heavy atom. The van der Waals surface area contributed by atoms with Gasteiger partial charge in [-0.1, -0.05) is 24.3 Å². The molecular weight excluding hydrogens is 300 g/mol. The van der Waals surface area contributed by atoms with Crippen LogP contribution in [0.1, 0.15) is 36.1 Å². The zero-order chi connectivity index (χ0) is 15.5. The van der Waals surface area contributed by atoms with E-state index < -0.39 is 0 Å². The monoisotopic (exact) mass is 326 g/mol. The molecule has 1 aromatic heterocycles. The molecular formula is C20H26N2S. The minimum Gasteiger partial charge on any atom is -0.299 e. The molecule has 122 valence electrons. The normalized spacial score (nSPS) is 19.7. The van der Waals surface area contributed by atoms with Crippen molar-refractivity contribution < 1.29 is 0 Å². The average Bonchev–Trinajstić information content (AvgIpc) is 3.31. The summed E-state index contributed by atoms with van der Waals surface area (Å²) < 4.78 is 0. The second-order valence-corrected chi connectivity index (χ2v) is 7.92. The Kier molecular flexibility index (Phi) is 4.79. The number of nitrogens with zero attached hydrogens (tertiary/aromatic N) is 2. The van der Waals surface area contributed by atoms with Gasteiger partial charge in [-0.05, 0) is 80.0 Å². The van der Waals surface area contributed by atoms with E-state index in [0.717, 1.165) is 13.1 Å². The zero-order valence-electron chi connectivity index (χ0n) is 13.8. The highest BCUT2D eigenvalue weighted by molar-refractivity contribution is 7.10. The molecule has 0 N–H and O–H groups in total. The molecule has 2 aliphatic rings. The third-order valence-electron chi connectivity index (χ3n) is 5.18. The fraction of sp³-hybridized carbons (Fsp3) is 0.500. The molecule has 3 heterocycles. The zero-order valence-corrected chi connectivity index (χ0v) is 14.7. The lowest BCUT2D eigenvalue weighted by Gasteiger charge is -2.16. The van der Waals surface area contributed by atoms with E-state index in [0.29, 0.717) is 0 Å². The van der Waals surface area contributed by atoms with Gasteiger partial charge < -0.3 is 0 Å². The van der Waals surface area contributed by atoms with Gasteiger partial charge in [0.1, 0.15) is 0 Å². The van der Waals surface area contributed by atoms with E-state index in [1.54, 1.807) is 0 Å². The van der Waals surface area contributed by atoms with Crippen molar-refractivity contribution in [2.45, 2.75) is 38.8 Å². The van der Waals surface area contributed by atoms with Crippen LogP contribution in [0.3, 0.4) is 0 Å². The molecule has 0 amide bonds. The van der Waals surface area contributed by atoms with E-state index in [2.05, 4.69) is 45.5 Å². The lowest BCUT2D eigenvalue weighted by atomic mass is 10.0. The van der Waals surface area contributed by atoms with Gasteiger partial charge in [0.05, 0.1) is 0 Å². The van der Waals surface area contributed by atoms with Crippen molar-refractivity contribution in [3.8, 4) is 11.1 Å². The van der Waals surface area contributed by atoms with Crippen LogP contribution in [0.15, 0.2) is 35.7 Å². The van der Waals surface area contributed by atoms with E-state index >= 15 is 0 Å². The van der Waals surface area contributed by atoms with Gasteiger partial charge in [-0.25, -0.2) is 0 Å². The lowest BCUT2D eigenvalue weighted by molar-refractivity contribution is 0.331. The molecule has 1 aromatic carbocycles. The number of benzene rings is 1. The molecule has 2 aliphatic heterocycles. The van der Waals surface area contributed by atoms with Crippen molar-refractivity contribution in [3.63, 3.8) is 0 Å². The highest BCUT2D eigenvalue weighted by Crippen LogP contribution is 2.30. The summed E-state index contributed by atoms with van der Waals surface area (Å²) >= 11 is 1.91. The second-order valence-electron chi connectivity index (χ2n) is 6.92. The number of hydrogen-bond acceptors (Lipinski definition) is 3. The van der Waals surface area contributed by atoms with Gasteiger partial charge in [0.15, 0.2) is 0 Å². The number of hydrogen-bond donors (Lipinski definition) is 0. The van der Waals surface area contributed by atoms with Gasteiger partial charge in [0.25, 0.3) is 0 Å². The summed E-state index contributed by atoms with van der Waals surface area (Å²) in [5, 5.41) is 2.25. The Labute approximate surface area is 143 Å². The summed E-state index contributed by atoms with van der Waals surface area (Å²) in [5.41, 5.74) is 4.27. The van der Waals surface area contributed by atoms with Gasteiger partial charge in [0.2, 0.25) is 0 Å². The van der Waals surface area contributed by atoms with Crippen molar-refractivity contribution in [3.05, 3.63) is 46.2 Å². The van der Waals surface area contributed by atoms with Crippen LogP contribution in [0.2, 0.25) is 0 Å². The van der Waals surface area contributed by atoms with E-state index in [-0.39, 0.29) is 0 Å². The first-order chi connectivity index (χ1) is 11.4. The maximum absolute atomic E-state index is 2.59. The van der Waals surface area contributed by atoms with E-state index in [9.17, 15) is 0 Å². The molecule has 3 heteroatoms. The molecule has 23 heavy (non-hydrogen) atoms. The van der Waals surface area contributed by atoms with Crippen LogP contribution in [0.4, 0.5) is 0 Å². The lowest BCUT2D eigenvalue weighted by Crippen LogP contribution is -2.18. The molecule has 0 saturated carbocycles. The summed E-state index contributed by atoms with van der Waals surface area (Å²) in [6.45, 7) is 7.32. The van der Waals surface area contributed by atoms with Crippen LogP contribution in [0.5, 0.6) is 0 Å². The first-order valence-corrected chi connectivity index (χ1v) is 9.87. The minimum atomic E-state index is 1.12. The van der Waals surface area contributed by atoms with Crippen LogP contribution < -0.4 is 0 Å². The van der Waals surface area contributed by atoms with E-state index in [4.69, 9.17) is 0 Å². The Bertz CT molecular complexity index is 619. The van der Waals surface area contributed by atoms with Crippen LogP contribution in [-0.2, 0) is 13.1 Å². The molecule has 2 nitrogen and oxygen atoms in total. The van der Waals surface area contributed by atoms with Gasteiger partial charge in [0, 0.05) is 18.0 Å². The van der Waals surface area contributed by atoms with Crippen molar-refractivity contribution in [2.24, 2.45) is 0 Å². The molecule has 4 rings (SSSR count). The highest BCUT2D eigenvalue weighted by atomic mass is 32.1. The largest absolute Gasteiger partial charge is 0.299 e. The van der Waals surface area contributed by atoms with Crippen LogP contribution in [-0.4, -0.2) is 36.0 Å². The van der Waals surface area contributed by atoms with E-state index in [1.165, 1.54) is 73.4 Å². The summed E-state index contributed by atoms with van der Waals surface area (Å²) in [5.74, 6) is 0. The predicted octanol–water partition coefficient (Wildman–Crippen LogP) is 4.61. The summed E-state index contributed by atoms with van der Waals surface area (Å²) in [4.78, 5) is 6.69. The smallest absolute Gasteiger partial charge is 0.0334 e. The number of rotatable bonds is 5. The van der Waals surface area contributed by atoms with Crippen molar-refractivity contribution >= 4 is 11.3 Å². The molecule has 0 spiro atoms. The van der Waals surface area contributed by atoms with Crippen molar-refractivity contribution in [1.29, 1.82) is 0 Å². The maximum atomic E-state index is 2.59. The summed E-state index contributed by atoms with van der Waals surface area (Å²) in [7, 11) is 0. The summed E-state index contributed by atoms with van der Waals surface area (Å²) in [6, 6.07) is 11.6. The first kappa shape index (κ1) is 15.4. The van der Waals surface area contributed by atoms with Crippen molar-refractivity contribution in [2.75, 3.05) is 26.2 Å². The average molecular weight is 327 g/mol. The molecule has 0 atom stereocenters. The quantitative estimate of drug-likeness (QED) is 0.792.